The number of benzene rings is 1. The molecule has 2 heterocycles. The van der Waals surface area contributed by atoms with E-state index < -0.39 is 5.97 Å². The van der Waals surface area contributed by atoms with Crippen molar-refractivity contribution in [1.29, 1.82) is 0 Å². The number of hydrogen-bond donors (Lipinski definition) is 1. The Bertz CT molecular complexity index is 804. The van der Waals surface area contributed by atoms with Crippen LogP contribution in [0.1, 0.15) is 10.4 Å². The Morgan fingerprint density at radius 2 is 2.05 bits per heavy atom. The molecule has 4 nitrogen and oxygen atoms in total. The van der Waals surface area contributed by atoms with Crippen LogP contribution >= 0.6 is 11.6 Å². The zero-order valence-corrected chi connectivity index (χ0v) is 11.0. The van der Waals surface area contributed by atoms with Gasteiger partial charge in [-0.3, -0.25) is 4.98 Å². The molecule has 3 rings (SSSR count). The zero-order chi connectivity index (χ0) is 14.1. The topological polar surface area (TPSA) is 63.1 Å². The largest absolute Gasteiger partial charge is 0.478 e. The third kappa shape index (κ3) is 2.21. The Morgan fingerprint density at radius 3 is 2.75 bits per heavy atom. The highest BCUT2D eigenvalue weighted by Gasteiger charge is 2.13. The van der Waals surface area contributed by atoms with Crippen molar-refractivity contribution in [3.8, 4) is 11.3 Å². The standard InChI is InChI=1S/C15H9ClN2O2/c16-10-3-4-13-11(6-10)12(15(19)20)7-14(18-13)9-2-1-5-17-8-9/h1-8H,(H,19,20). The van der Waals surface area contributed by atoms with Gasteiger partial charge in [0, 0.05) is 28.4 Å². The van der Waals surface area contributed by atoms with Crippen LogP contribution in [-0.2, 0) is 0 Å². The van der Waals surface area contributed by atoms with E-state index in [2.05, 4.69) is 9.97 Å². The summed E-state index contributed by atoms with van der Waals surface area (Å²) < 4.78 is 0. The molecule has 0 aliphatic heterocycles. The first-order chi connectivity index (χ1) is 9.65. The number of carbonyl (C=O) groups is 1. The van der Waals surface area contributed by atoms with Crippen molar-refractivity contribution in [2.24, 2.45) is 0 Å². The normalized spacial score (nSPS) is 10.7. The lowest BCUT2D eigenvalue weighted by Gasteiger charge is -2.07. The van der Waals surface area contributed by atoms with Crippen LogP contribution in [-0.4, -0.2) is 21.0 Å². The number of nitrogens with zero attached hydrogens (tertiary/aromatic N) is 2. The van der Waals surface area contributed by atoms with E-state index in [0.29, 0.717) is 21.6 Å². The molecule has 98 valence electrons. The van der Waals surface area contributed by atoms with Crippen LogP contribution in [0.3, 0.4) is 0 Å². The van der Waals surface area contributed by atoms with Gasteiger partial charge in [0.1, 0.15) is 0 Å². The molecule has 0 saturated heterocycles. The maximum absolute atomic E-state index is 11.4. The molecule has 0 aliphatic rings. The molecule has 0 radical (unpaired) electrons. The number of rotatable bonds is 2. The molecule has 0 amide bonds. The minimum Gasteiger partial charge on any atom is -0.478 e. The lowest BCUT2D eigenvalue weighted by atomic mass is 10.1. The van der Waals surface area contributed by atoms with Gasteiger partial charge in [-0.1, -0.05) is 11.6 Å². The molecule has 20 heavy (non-hydrogen) atoms. The summed E-state index contributed by atoms with van der Waals surface area (Å²) in [6, 6.07) is 10.2. The number of halogens is 1. The van der Waals surface area contributed by atoms with E-state index in [-0.39, 0.29) is 5.56 Å². The van der Waals surface area contributed by atoms with E-state index in [4.69, 9.17) is 11.6 Å². The molecular formula is C15H9ClN2O2. The van der Waals surface area contributed by atoms with Gasteiger partial charge in [0.05, 0.1) is 16.8 Å². The van der Waals surface area contributed by atoms with Gasteiger partial charge < -0.3 is 5.11 Å². The second-order valence-electron chi connectivity index (χ2n) is 4.26. The van der Waals surface area contributed by atoms with Gasteiger partial charge in [-0.15, -0.1) is 0 Å². The average Bonchev–Trinajstić information content (AvgIpc) is 2.47. The van der Waals surface area contributed by atoms with E-state index >= 15 is 0 Å². The van der Waals surface area contributed by atoms with E-state index in [0.717, 1.165) is 5.56 Å². The molecule has 3 aromatic rings. The third-order valence-corrected chi connectivity index (χ3v) is 3.19. The number of carboxylic acid groups (broad SMARTS) is 1. The maximum atomic E-state index is 11.4. The van der Waals surface area contributed by atoms with Crippen LogP contribution in [0.15, 0.2) is 48.8 Å². The fraction of sp³-hybridized carbons (Fsp3) is 0. The van der Waals surface area contributed by atoms with Crippen molar-refractivity contribution in [2.45, 2.75) is 0 Å². The second-order valence-corrected chi connectivity index (χ2v) is 4.70. The lowest BCUT2D eigenvalue weighted by molar-refractivity contribution is 0.0699. The van der Waals surface area contributed by atoms with Crippen LogP contribution in [0.4, 0.5) is 0 Å². The quantitative estimate of drug-likeness (QED) is 0.780. The second kappa shape index (κ2) is 4.90. The Hall–Kier alpha value is -2.46. The van der Waals surface area contributed by atoms with Gasteiger partial charge >= 0.3 is 5.97 Å². The minimum absolute atomic E-state index is 0.177. The van der Waals surface area contributed by atoms with Gasteiger partial charge in [0.25, 0.3) is 0 Å². The zero-order valence-electron chi connectivity index (χ0n) is 10.2. The lowest BCUT2D eigenvalue weighted by Crippen LogP contribution is -2.00. The maximum Gasteiger partial charge on any atom is 0.336 e. The summed E-state index contributed by atoms with van der Waals surface area (Å²) >= 11 is 5.92. The van der Waals surface area contributed by atoms with Crippen molar-refractivity contribution in [2.75, 3.05) is 0 Å². The molecule has 0 bridgehead atoms. The number of aromatic carboxylic acids is 1. The van der Waals surface area contributed by atoms with Gasteiger partial charge in [-0.05, 0) is 36.4 Å². The van der Waals surface area contributed by atoms with Gasteiger partial charge in [-0.2, -0.15) is 0 Å². The summed E-state index contributed by atoms with van der Waals surface area (Å²) in [4.78, 5) is 19.9. The molecule has 0 atom stereocenters. The first-order valence-corrected chi connectivity index (χ1v) is 6.27. The van der Waals surface area contributed by atoms with E-state index in [9.17, 15) is 9.90 Å². The third-order valence-electron chi connectivity index (χ3n) is 2.96. The summed E-state index contributed by atoms with van der Waals surface area (Å²) in [6.45, 7) is 0. The smallest absolute Gasteiger partial charge is 0.336 e. The van der Waals surface area contributed by atoms with E-state index in [1.807, 2.05) is 6.07 Å². The van der Waals surface area contributed by atoms with Gasteiger partial charge in [-0.25, -0.2) is 9.78 Å². The number of aromatic nitrogens is 2. The molecular weight excluding hydrogens is 276 g/mol. The van der Waals surface area contributed by atoms with Crippen LogP contribution in [0.25, 0.3) is 22.2 Å². The molecule has 0 fully saturated rings. The van der Waals surface area contributed by atoms with Crippen molar-refractivity contribution in [3.63, 3.8) is 0 Å². The van der Waals surface area contributed by atoms with Crippen LogP contribution in [0.2, 0.25) is 5.02 Å². The highest BCUT2D eigenvalue weighted by atomic mass is 35.5. The fourth-order valence-electron chi connectivity index (χ4n) is 2.04. The summed E-state index contributed by atoms with van der Waals surface area (Å²) in [5, 5.41) is 10.4. The molecule has 1 aromatic carbocycles. The Kier molecular flexibility index (Phi) is 3.08. The first-order valence-electron chi connectivity index (χ1n) is 5.89. The average molecular weight is 285 g/mol. The van der Waals surface area contributed by atoms with Gasteiger partial charge in [0.15, 0.2) is 0 Å². The summed E-state index contributed by atoms with van der Waals surface area (Å²) in [6.07, 6.45) is 3.30. The fourth-order valence-corrected chi connectivity index (χ4v) is 2.21. The number of hydrogen-bond acceptors (Lipinski definition) is 3. The monoisotopic (exact) mass is 284 g/mol. The minimum atomic E-state index is -1.01. The summed E-state index contributed by atoms with van der Waals surface area (Å²) in [5.74, 6) is -1.01. The highest BCUT2D eigenvalue weighted by Crippen LogP contribution is 2.26. The number of fused-ring (bicyclic) bond motifs is 1. The highest BCUT2D eigenvalue weighted by molar-refractivity contribution is 6.31. The van der Waals surface area contributed by atoms with Crippen LogP contribution in [0.5, 0.6) is 0 Å². The molecule has 2 aromatic heterocycles. The first kappa shape index (κ1) is 12.6. The number of pyridine rings is 2. The van der Waals surface area contributed by atoms with Crippen molar-refractivity contribution >= 4 is 28.5 Å². The molecule has 0 saturated carbocycles. The molecule has 0 aliphatic carbocycles. The predicted octanol–water partition coefficient (Wildman–Crippen LogP) is 3.65. The van der Waals surface area contributed by atoms with E-state index in [1.165, 1.54) is 6.07 Å². The van der Waals surface area contributed by atoms with Crippen LogP contribution in [0, 0.1) is 0 Å². The Morgan fingerprint density at radius 1 is 1.20 bits per heavy atom. The summed E-state index contributed by atoms with van der Waals surface area (Å²) in [7, 11) is 0. The molecule has 5 heteroatoms. The summed E-state index contributed by atoms with van der Waals surface area (Å²) in [5.41, 5.74) is 2.11. The van der Waals surface area contributed by atoms with Crippen LogP contribution < -0.4 is 0 Å². The Balaban J connectivity index is 2.32. The molecule has 0 unspecified atom stereocenters. The number of carboxylic acids is 1. The Labute approximate surface area is 119 Å². The van der Waals surface area contributed by atoms with E-state index in [1.54, 1.807) is 36.7 Å². The molecule has 0 spiro atoms. The SMILES string of the molecule is O=C(O)c1cc(-c2cccnc2)nc2ccc(Cl)cc12. The van der Waals surface area contributed by atoms with Crippen molar-refractivity contribution in [1.82, 2.24) is 9.97 Å². The van der Waals surface area contributed by atoms with Crippen molar-refractivity contribution < 1.29 is 9.90 Å². The van der Waals surface area contributed by atoms with Gasteiger partial charge in [0.2, 0.25) is 0 Å². The van der Waals surface area contributed by atoms with Crippen molar-refractivity contribution in [3.05, 3.63) is 59.4 Å². The molecule has 1 N–H and O–H groups in total. The predicted molar refractivity (Wildman–Crippen MR) is 76.9 cm³/mol.